The van der Waals surface area contributed by atoms with Crippen molar-refractivity contribution in [3.05, 3.63) is 30.1 Å². The third-order valence-electron chi connectivity index (χ3n) is 1.48. The molecular weight excluding hydrogens is 236 g/mol. The van der Waals surface area contributed by atoms with E-state index in [1.165, 1.54) is 0 Å². The molecule has 4 nitrogen and oxygen atoms in total. The molecule has 2 N–H and O–H groups in total. The van der Waals surface area contributed by atoms with Crippen molar-refractivity contribution >= 4 is 22.9 Å². The second-order valence-corrected chi connectivity index (χ2v) is 2.38. The molecule has 0 aliphatic carbocycles. The highest BCUT2D eigenvalue weighted by molar-refractivity contribution is 8.93. The quantitative estimate of drug-likeness (QED) is 0.418. The molecule has 0 radical (unpaired) electrons. The molecule has 0 saturated carbocycles. The van der Waals surface area contributed by atoms with Gasteiger partial charge in [-0.25, -0.2) is 4.57 Å². The molecule has 0 aliphatic rings. The third kappa shape index (κ3) is 3.52. The first-order chi connectivity index (χ1) is 5.74. The highest BCUT2D eigenvalue weighted by Gasteiger charge is 1.99. The fourth-order valence-corrected chi connectivity index (χ4v) is 0.911. The van der Waals surface area contributed by atoms with E-state index in [4.69, 9.17) is 10.5 Å². The Morgan fingerprint density at radius 1 is 1.62 bits per heavy atom. The Bertz CT molecular complexity index is 291. The summed E-state index contributed by atoms with van der Waals surface area (Å²) in [6.07, 6.45) is 3.29. The van der Waals surface area contributed by atoms with Gasteiger partial charge in [-0.3, -0.25) is 0 Å². The van der Waals surface area contributed by atoms with E-state index in [9.17, 15) is 5.11 Å². The summed E-state index contributed by atoms with van der Waals surface area (Å²) in [5, 5.41) is 26.0. The largest absolute Gasteiger partial charge is 0.859 e. The summed E-state index contributed by atoms with van der Waals surface area (Å²) in [6.45, 7) is 0.474. The Hall–Kier alpha value is -0.940. The van der Waals surface area contributed by atoms with Crippen LogP contribution in [-0.2, 0) is 6.54 Å². The van der Waals surface area contributed by atoms with Gasteiger partial charge in [0.1, 0.15) is 6.61 Å². The number of aromatic nitrogens is 1. The fourth-order valence-electron chi connectivity index (χ4n) is 0.911. The molecular formula is C8H11BrN2O2. The average molecular weight is 247 g/mol. The standard InChI is InChI=1S/C8H10N2O2.BrH/c9-8(12)7-2-1-3-10(6-7)4-5-11;/h1-3,6,11H,4-5H2,(H-,9,12);1H. The van der Waals surface area contributed by atoms with Gasteiger partial charge in [0.25, 0.3) is 0 Å². The Morgan fingerprint density at radius 3 is 2.85 bits per heavy atom. The number of rotatable bonds is 3. The van der Waals surface area contributed by atoms with Crippen LogP contribution in [0.25, 0.3) is 0 Å². The summed E-state index contributed by atoms with van der Waals surface area (Å²) in [4.78, 5) is 0. The molecule has 1 aromatic heterocycles. The van der Waals surface area contributed by atoms with Gasteiger partial charge in [-0.15, -0.1) is 17.0 Å². The van der Waals surface area contributed by atoms with Crippen molar-refractivity contribution in [2.75, 3.05) is 6.61 Å². The smallest absolute Gasteiger partial charge is 0.177 e. The minimum Gasteiger partial charge on any atom is -0.859 e. The normalized spacial score (nSPS) is 9.00. The first-order valence-electron chi connectivity index (χ1n) is 3.60. The molecule has 1 rings (SSSR count). The molecule has 72 valence electrons. The van der Waals surface area contributed by atoms with Gasteiger partial charge in [0.2, 0.25) is 0 Å². The van der Waals surface area contributed by atoms with Crippen LogP contribution in [0.1, 0.15) is 5.56 Å². The number of halogens is 1. The SMILES string of the molecule is Br.N=C([O-])c1ccc[n+](CCO)c1. The molecule has 0 aliphatic heterocycles. The van der Waals surface area contributed by atoms with E-state index < -0.39 is 5.90 Å². The van der Waals surface area contributed by atoms with Crippen molar-refractivity contribution in [3.8, 4) is 0 Å². The second kappa shape index (κ2) is 5.66. The van der Waals surface area contributed by atoms with Crippen LogP contribution in [0.3, 0.4) is 0 Å². The number of nitrogens with zero attached hydrogens (tertiary/aromatic N) is 1. The molecule has 1 heterocycles. The van der Waals surface area contributed by atoms with Crippen LogP contribution >= 0.6 is 17.0 Å². The maximum absolute atomic E-state index is 10.6. The van der Waals surface area contributed by atoms with E-state index in [2.05, 4.69) is 0 Å². The number of hydrogen-bond acceptors (Lipinski definition) is 3. The van der Waals surface area contributed by atoms with E-state index in [1.54, 1.807) is 29.1 Å². The summed E-state index contributed by atoms with van der Waals surface area (Å²) in [7, 11) is 0. The molecule has 0 spiro atoms. The van der Waals surface area contributed by atoms with Crippen molar-refractivity contribution in [3.63, 3.8) is 0 Å². The summed E-state index contributed by atoms with van der Waals surface area (Å²) in [5.41, 5.74) is 0.339. The number of hydrogen-bond donors (Lipinski definition) is 2. The van der Waals surface area contributed by atoms with Gasteiger partial charge in [0.15, 0.2) is 18.9 Å². The minimum atomic E-state index is -0.706. The molecule has 0 aromatic carbocycles. The highest BCUT2D eigenvalue weighted by atomic mass is 79.9. The summed E-state index contributed by atoms with van der Waals surface area (Å²) < 4.78 is 1.67. The molecule has 0 unspecified atom stereocenters. The lowest BCUT2D eigenvalue weighted by Crippen LogP contribution is -2.36. The zero-order valence-electron chi connectivity index (χ0n) is 6.93. The van der Waals surface area contributed by atoms with Crippen molar-refractivity contribution in [1.82, 2.24) is 0 Å². The van der Waals surface area contributed by atoms with E-state index >= 15 is 0 Å². The van der Waals surface area contributed by atoms with E-state index in [0.717, 1.165) is 0 Å². The van der Waals surface area contributed by atoms with Crippen molar-refractivity contribution in [2.45, 2.75) is 6.54 Å². The summed E-state index contributed by atoms with van der Waals surface area (Å²) >= 11 is 0. The minimum absolute atomic E-state index is 0. The molecule has 0 amide bonds. The topological polar surface area (TPSA) is 71.0 Å². The van der Waals surface area contributed by atoms with Crippen LogP contribution in [0.2, 0.25) is 0 Å². The second-order valence-electron chi connectivity index (χ2n) is 2.38. The van der Waals surface area contributed by atoms with E-state index in [-0.39, 0.29) is 23.6 Å². The van der Waals surface area contributed by atoms with Gasteiger partial charge in [-0.1, -0.05) is 0 Å². The van der Waals surface area contributed by atoms with Gasteiger partial charge >= 0.3 is 0 Å². The zero-order valence-corrected chi connectivity index (χ0v) is 8.65. The molecule has 0 bridgehead atoms. The highest BCUT2D eigenvalue weighted by Crippen LogP contribution is 1.90. The van der Waals surface area contributed by atoms with Crippen LogP contribution in [-0.4, -0.2) is 17.6 Å². The van der Waals surface area contributed by atoms with Crippen LogP contribution in [0.5, 0.6) is 0 Å². The van der Waals surface area contributed by atoms with Crippen molar-refractivity contribution in [2.24, 2.45) is 0 Å². The van der Waals surface area contributed by atoms with E-state index in [0.29, 0.717) is 12.1 Å². The number of pyridine rings is 1. The first-order valence-corrected chi connectivity index (χ1v) is 3.60. The summed E-state index contributed by atoms with van der Waals surface area (Å²) in [5.74, 6) is -0.706. The van der Waals surface area contributed by atoms with Gasteiger partial charge in [0, 0.05) is 11.6 Å². The van der Waals surface area contributed by atoms with Gasteiger partial charge in [-0.2, -0.15) is 0 Å². The lowest BCUT2D eigenvalue weighted by atomic mass is 10.3. The third-order valence-corrected chi connectivity index (χ3v) is 1.48. The maximum atomic E-state index is 10.6. The van der Waals surface area contributed by atoms with Crippen LogP contribution in [0.15, 0.2) is 24.5 Å². The number of aliphatic hydroxyl groups excluding tert-OH is 1. The first kappa shape index (κ1) is 12.1. The number of aliphatic hydroxyl groups is 1. The predicted octanol–water partition coefficient (Wildman–Crippen LogP) is -0.770. The predicted molar refractivity (Wildman–Crippen MR) is 50.9 cm³/mol. The fraction of sp³-hybridized carbons (Fsp3) is 0.250. The Morgan fingerprint density at radius 2 is 2.31 bits per heavy atom. The molecule has 0 fully saturated rings. The van der Waals surface area contributed by atoms with Crippen LogP contribution in [0.4, 0.5) is 0 Å². The molecule has 13 heavy (non-hydrogen) atoms. The average Bonchev–Trinajstić information content (AvgIpc) is 2.05. The lowest BCUT2D eigenvalue weighted by Gasteiger charge is -2.04. The Kier molecular flexibility index (Phi) is 5.25. The Labute approximate surface area is 86.7 Å². The lowest BCUT2D eigenvalue weighted by molar-refractivity contribution is -0.698. The molecule has 5 heteroatoms. The maximum Gasteiger partial charge on any atom is 0.177 e. The molecule has 1 aromatic rings. The number of nitrogens with one attached hydrogen (secondary N) is 1. The summed E-state index contributed by atoms with van der Waals surface area (Å²) in [6, 6.07) is 3.25. The van der Waals surface area contributed by atoms with Gasteiger partial charge < -0.3 is 15.6 Å². The van der Waals surface area contributed by atoms with Gasteiger partial charge in [-0.05, 0) is 12.0 Å². The van der Waals surface area contributed by atoms with Crippen molar-refractivity contribution < 1.29 is 14.8 Å². The van der Waals surface area contributed by atoms with E-state index in [1.807, 2.05) is 0 Å². The van der Waals surface area contributed by atoms with Crippen molar-refractivity contribution in [1.29, 1.82) is 5.41 Å². The zero-order chi connectivity index (χ0) is 8.97. The van der Waals surface area contributed by atoms with Gasteiger partial charge in [0.05, 0.1) is 0 Å². The Balaban J connectivity index is 0.00000144. The molecule has 0 saturated heterocycles. The monoisotopic (exact) mass is 246 g/mol. The molecule has 0 atom stereocenters. The van der Waals surface area contributed by atoms with Crippen LogP contribution in [0, 0.1) is 5.41 Å². The van der Waals surface area contributed by atoms with Crippen LogP contribution < -0.4 is 9.67 Å².